The van der Waals surface area contributed by atoms with Gasteiger partial charge >= 0.3 is 0 Å². The fourth-order valence-electron chi connectivity index (χ4n) is 2.21. The van der Waals surface area contributed by atoms with Crippen molar-refractivity contribution in [1.82, 2.24) is 9.88 Å². The Hall–Kier alpha value is -1.62. The topological polar surface area (TPSA) is 71.3 Å². The predicted octanol–water partition coefficient (Wildman–Crippen LogP) is 0.872. The standard InChI is InChI=1S/C13H18N2O3/c1-9(17)10-6-11(15(2)7-10)12(18)14-13(8-16)4-3-5-13/h6-7,16H,3-5,8H2,1-2H3,(H,14,18). The molecule has 0 spiro atoms. The summed E-state index contributed by atoms with van der Waals surface area (Å²) in [6, 6.07) is 1.58. The van der Waals surface area contributed by atoms with E-state index >= 15 is 0 Å². The third kappa shape index (κ3) is 2.18. The second-order valence-corrected chi connectivity index (χ2v) is 5.03. The van der Waals surface area contributed by atoms with E-state index in [2.05, 4.69) is 5.32 Å². The average molecular weight is 250 g/mol. The molecular formula is C13H18N2O3. The molecule has 0 bridgehead atoms. The molecule has 1 aliphatic rings. The molecule has 1 amide bonds. The van der Waals surface area contributed by atoms with Crippen LogP contribution in [-0.2, 0) is 7.05 Å². The van der Waals surface area contributed by atoms with E-state index in [1.54, 1.807) is 23.9 Å². The summed E-state index contributed by atoms with van der Waals surface area (Å²) in [5, 5.41) is 12.2. The predicted molar refractivity (Wildman–Crippen MR) is 66.6 cm³/mol. The monoisotopic (exact) mass is 250 g/mol. The van der Waals surface area contributed by atoms with Crippen molar-refractivity contribution in [3.8, 4) is 0 Å². The number of amides is 1. The zero-order valence-electron chi connectivity index (χ0n) is 10.7. The number of nitrogens with one attached hydrogen (secondary N) is 1. The van der Waals surface area contributed by atoms with Gasteiger partial charge in [0.1, 0.15) is 5.69 Å². The molecule has 0 saturated heterocycles. The molecule has 1 fully saturated rings. The number of hydrogen-bond donors (Lipinski definition) is 2. The van der Waals surface area contributed by atoms with Gasteiger partial charge in [0.05, 0.1) is 12.1 Å². The smallest absolute Gasteiger partial charge is 0.268 e. The van der Waals surface area contributed by atoms with E-state index in [-0.39, 0.29) is 18.3 Å². The summed E-state index contributed by atoms with van der Waals surface area (Å²) in [4.78, 5) is 23.4. The molecule has 0 aromatic carbocycles. The number of aromatic nitrogens is 1. The average Bonchev–Trinajstić information content (AvgIpc) is 2.66. The molecule has 0 radical (unpaired) electrons. The third-order valence-electron chi connectivity index (χ3n) is 3.64. The summed E-state index contributed by atoms with van der Waals surface area (Å²) >= 11 is 0. The van der Waals surface area contributed by atoms with Crippen LogP contribution in [0.25, 0.3) is 0 Å². The number of aryl methyl sites for hydroxylation is 1. The molecule has 2 N–H and O–H groups in total. The molecule has 1 saturated carbocycles. The van der Waals surface area contributed by atoms with E-state index in [9.17, 15) is 14.7 Å². The molecule has 0 atom stereocenters. The van der Waals surface area contributed by atoms with Crippen LogP contribution >= 0.6 is 0 Å². The van der Waals surface area contributed by atoms with Gasteiger partial charge in [0.15, 0.2) is 5.78 Å². The second kappa shape index (κ2) is 4.57. The number of ketones is 1. The molecule has 0 aliphatic heterocycles. The normalized spacial score (nSPS) is 17.1. The minimum atomic E-state index is -0.461. The highest BCUT2D eigenvalue weighted by molar-refractivity contribution is 5.99. The number of aliphatic hydroxyl groups excluding tert-OH is 1. The lowest BCUT2D eigenvalue weighted by atomic mass is 9.77. The van der Waals surface area contributed by atoms with Gasteiger partial charge in [-0.15, -0.1) is 0 Å². The first-order chi connectivity index (χ1) is 8.47. The molecule has 2 rings (SSSR count). The number of carbonyl (C=O) groups excluding carboxylic acids is 2. The maximum absolute atomic E-state index is 12.1. The minimum absolute atomic E-state index is 0.0390. The van der Waals surface area contributed by atoms with E-state index in [4.69, 9.17) is 0 Å². The van der Waals surface area contributed by atoms with Crippen LogP contribution in [0.5, 0.6) is 0 Å². The van der Waals surface area contributed by atoms with Crippen LogP contribution < -0.4 is 5.32 Å². The van der Waals surface area contributed by atoms with E-state index in [0.29, 0.717) is 11.3 Å². The lowest BCUT2D eigenvalue weighted by molar-refractivity contribution is 0.0635. The molecule has 5 heteroatoms. The first kappa shape index (κ1) is 12.8. The van der Waals surface area contributed by atoms with Gasteiger partial charge in [-0.2, -0.15) is 0 Å². The van der Waals surface area contributed by atoms with E-state index in [0.717, 1.165) is 19.3 Å². The lowest BCUT2D eigenvalue weighted by Crippen LogP contribution is -2.56. The highest BCUT2D eigenvalue weighted by Crippen LogP contribution is 2.31. The molecule has 5 nitrogen and oxygen atoms in total. The van der Waals surface area contributed by atoms with E-state index < -0.39 is 5.54 Å². The maximum atomic E-state index is 12.1. The van der Waals surface area contributed by atoms with Crippen molar-refractivity contribution in [1.29, 1.82) is 0 Å². The summed E-state index contributed by atoms with van der Waals surface area (Å²) in [5.74, 6) is -0.302. The Morgan fingerprint density at radius 1 is 1.50 bits per heavy atom. The van der Waals surface area contributed by atoms with Gasteiger partial charge in [-0.3, -0.25) is 9.59 Å². The van der Waals surface area contributed by atoms with Crippen molar-refractivity contribution in [3.63, 3.8) is 0 Å². The van der Waals surface area contributed by atoms with Crippen LogP contribution in [0.15, 0.2) is 12.3 Å². The third-order valence-corrected chi connectivity index (χ3v) is 3.64. The fourth-order valence-corrected chi connectivity index (χ4v) is 2.21. The van der Waals surface area contributed by atoms with E-state index in [1.165, 1.54) is 6.92 Å². The molecule has 1 aliphatic carbocycles. The lowest BCUT2D eigenvalue weighted by Gasteiger charge is -2.40. The Morgan fingerprint density at radius 3 is 2.56 bits per heavy atom. The zero-order valence-corrected chi connectivity index (χ0v) is 10.7. The van der Waals surface area contributed by atoms with E-state index in [1.807, 2.05) is 0 Å². The van der Waals surface area contributed by atoms with Gasteiger partial charge in [0.25, 0.3) is 5.91 Å². The number of hydrogen-bond acceptors (Lipinski definition) is 3. The highest BCUT2D eigenvalue weighted by atomic mass is 16.3. The summed E-state index contributed by atoms with van der Waals surface area (Å²) < 4.78 is 1.63. The molecule has 18 heavy (non-hydrogen) atoms. The van der Waals surface area contributed by atoms with Gasteiger partial charge in [-0.25, -0.2) is 0 Å². The Labute approximate surface area is 106 Å². The quantitative estimate of drug-likeness (QED) is 0.779. The van der Waals surface area contributed by atoms with Crippen molar-refractivity contribution in [2.24, 2.45) is 7.05 Å². The molecule has 0 unspecified atom stereocenters. The largest absolute Gasteiger partial charge is 0.394 e. The fraction of sp³-hybridized carbons (Fsp3) is 0.538. The van der Waals surface area contributed by atoms with Crippen LogP contribution in [0.4, 0.5) is 0 Å². The number of aliphatic hydroxyl groups is 1. The van der Waals surface area contributed by atoms with Crippen LogP contribution in [0.3, 0.4) is 0 Å². The number of rotatable bonds is 4. The first-order valence-electron chi connectivity index (χ1n) is 6.08. The van der Waals surface area contributed by atoms with Gasteiger partial charge in [0.2, 0.25) is 0 Å². The maximum Gasteiger partial charge on any atom is 0.268 e. The van der Waals surface area contributed by atoms with Crippen LogP contribution in [0, 0.1) is 0 Å². The summed E-state index contributed by atoms with van der Waals surface area (Å²) in [7, 11) is 1.73. The van der Waals surface area contributed by atoms with Crippen molar-refractivity contribution >= 4 is 11.7 Å². The highest BCUT2D eigenvalue weighted by Gasteiger charge is 2.38. The summed E-state index contributed by atoms with van der Waals surface area (Å²) in [5.41, 5.74) is 0.506. The summed E-state index contributed by atoms with van der Waals surface area (Å²) in [6.45, 7) is 1.43. The number of carbonyl (C=O) groups is 2. The molecule has 98 valence electrons. The Morgan fingerprint density at radius 2 is 2.17 bits per heavy atom. The zero-order chi connectivity index (χ0) is 13.3. The Balaban J connectivity index is 2.16. The van der Waals surface area contributed by atoms with Crippen molar-refractivity contribution in [2.75, 3.05) is 6.61 Å². The second-order valence-electron chi connectivity index (χ2n) is 5.03. The Bertz CT molecular complexity index is 481. The molecule has 1 aromatic rings. The van der Waals surface area contributed by atoms with Gasteiger partial charge in [-0.05, 0) is 32.3 Å². The molecular weight excluding hydrogens is 232 g/mol. The SMILES string of the molecule is CC(=O)c1cc(C(=O)NC2(CO)CCC2)n(C)c1. The minimum Gasteiger partial charge on any atom is -0.394 e. The summed E-state index contributed by atoms with van der Waals surface area (Å²) in [6.07, 6.45) is 4.27. The molecule has 1 aromatic heterocycles. The van der Waals surface area contributed by atoms with Crippen LogP contribution in [0.2, 0.25) is 0 Å². The molecule has 1 heterocycles. The van der Waals surface area contributed by atoms with Crippen molar-refractivity contribution in [3.05, 3.63) is 23.5 Å². The van der Waals surface area contributed by atoms with Gasteiger partial charge in [-0.1, -0.05) is 0 Å². The number of Topliss-reactive ketones (excluding diaryl/α,β-unsaturated/α-hetero) is 1. The van der Waals surface area contributed by atoms with Crippen molar-refractivity contribution in [2.45, 2.75) is 31.7 Å². The van der Waals surface area contributed by atoms with Crippen LogP contribution in [-0.4, -0.2) is 33.5 Å². The van der Waals surface area contributed by atoms with Gasteiger partial charge < -0.3 is 15.0 Å². The van der Waals surface area contributed by atoms with Crippen LogP contribution in [0.1, 0.15) is 47.0 Å². The Kier molecular flexibility index (Phi) is 3.26. The number of nitrogens with zero attached hydrogens (tertiary/aromatic N) is 1. The first-order valence-corrected chi connectivity index (χ1v) is 6.08. The van der Waals surface area contributed by atoms with Crippen molar-refractivity contribution < 1.29 is 14.7 Å². The van der Waals surface area contributed by atoms with Gasteiger partial charge in [0, 0.05) is 18.8 Å².